The number of nitrogens with zero attached hydrogens (tertiary/aromatic N) is 6. The SMILES string of the molecule is C=N/C=C1\C(=N/Cc2ncccn2)CCN(c2cc(OC)cc(F)n2)C1OC. The van der Waals surface area contributed by atoms with Crippen LogP contribution in [0.3, 0.4) is 0 Å². The van der Waals surface area contributed by atoms with Gasteiger partial charge < -0.3 is 14.4 Å². The van der Waals surface area contributed by atoms with E-state index in [0.717, 1.165) is 11.3 Å². The molecule has 1 aliphatic rings. The van der Waals surface area contributed by atoms with Crippen LogP contribution in [0.5, 0.6) is 5.75 Å². The highest BCUT2D eigenvalue weighted by molar-refractivity contribution is 6.03. The topological polar surface area (TPSA) is 85.1 Å². The summed E-state index contributed by atoms with van der Waals surface area (Å²) < 4.78 is 24.7. The molecule has 28 heavy (non-hydrogen) atoms. The molecule has 0 saturated carbocycles. The lowest BCUT2D eigenvalue weighted by atomic mass is 10.0. The van der Waals surface area contributed by atoms with Gasteiger partial charge in [0.25, 0.3) is 0 Å². The number of hydrogen-bond donors (Lipinski definition) is 0. The van der Waals surface area contributed by atoms with E-state index in [1.807, 2.05) is 4.90 Å². The average Bonchev–Trinajstić information content (AvgIpc) is 2.72. The molecule has 0 bridgehead atoms. The Labute approximate surface area is 162 Å². The van der Waals surface area contributed by atoms with Gasteiger partial charge in [0.1, 0.15) is 17.4 Å². The van der Waals surface area contributed by atoms with Crippen molar-refractivity contribution in [1.82, 2.24) is 15.0 Å². The smallest absolute Gasteiger partial charge is 0.218 e. The number of pyridine rings is 1. The highest BCUT2D eigenvalue weighted by Crippen LogP contribution is 2.29. The van der Waals surface area contributed by atoms with E-state index in [1.54, 1.807) is 37.8 Å². The van der Waals surface area contributed by atoms with E-state index in [1.165, 1.54) is 13.2 Å². The fourth-order valence-electron chi connectivity index (χ4n) is 3.00. The van der Waals surface area contributed by atoms with Crippen molar-refractivity contribution in [2.24, 2.45) is 9.98 Å². The van der Waals surface area contributed by atoms with Crippen molar-refractivity contribution in [1.29, 1.82) is 0 Å². The van der Waals surface area contributed by atoms with E-state index < -0.39 is 12.2 Å². The van der Waals surface area contributed by atoms with Crippen LogP contribution in [0.4, 0.5) is 10.2 Å². The maximum atomic E-state index is 13.9. The molecule has 1 unspecified atom stereocenters. The van der Waals surface area contributed by atoms with Crippen LogP contribution in [0.1, 0.15) is 12.2 Å². The minimum atomic E-state index is -0.628. The van der Waals surface area contributed by atoms with Crippen LogP contribution < -0.4 is 9.64 Å². The average molecular weight is 384 g/mol. The second-order valence-electron chi connectivity index (χ2n) is 5.91. The molecule has 2 aromatic rings. The Morgan fingerprint density at radius 3 is 2.79 bits per heavy atom. The highest BCUT2D eigenvalue weighted by Gasteiger charge is 2.32. The molecule has 3 heterocycles. The molecule has 0 radical (unpaired) electrons. The van der Waals surface area contributed by atoms with Gasteiger partial charge in [-0.2, -0.15) is 4.39 Å². The molecular weight excluding hydrogens is 363 g/mol. The largest absolute Gasteiger partial charge is 0.496 e. The summed E-state index contributed by atoms with van der Waals surface area (Å²) in [6.45, 7) is 4.41. The van der Waals surface area contributed by atoms with Gasteiger partial charge in [0.15, 0.2) is 6.23 Å². The molecule has 8 nitrogen and oxygen atoms in total. The monoisotopic (exact) mass is 384 g/mol. The van der Waals surface area contributed by atoms with E-state index in [4.69, 9.17) is 9.47 Å². The van der Waals surface area contributed by atoms with Crippen LogP contribution >= 0.6 is 0 Å². The van der Waals surface area contributed by atoms with Crippen molar-refractivity contribution in [2.45, 2.75) is 19.2 Å². The Morgan fingerprint density at radius 1 is 1.32 bits per heavy atom. The standard InChI is InChI=1S/C19H21FN6O2/c1-21-11-14-15(24-12-17-22-6-4-7-23-17)5-8-26(19(14)28-3)18-10-13(27-2)9-16(20)25-18/h4,6-7,9-11,19H,1,5,8,12H2,2-3H3/b14-11+,24-15-. The van der Waals surface area contributed by atoms with Crippen molar-refractivity contribution in [3.05, 3.63) is 54.1 Å². The van der Waals surface area contributed by atoms with Crippen molar-refractivity contribution in [3.8, 4) is 5.75 Å². The minimum Gasteiger partial charge on any atom is -0.496 e. The first-order valence-corrected chi connectivity index (χ1v) is 8.62. The first-order valence-electron chi connectivity index (χ1n) is 8.62. The van der Waals surface area contributed by atoms with Crippen LogP contribution in [0.15, 0.2) is 52.4 Å². The zero-order valence-electron chi connectivity index (χ0n) is 15.7. The lowest BCUT2D eigenvalue weighted by Gasteiger charge is -2.37. The van der Waals surface area contributed by atoms with E-state index in [-0.39, 0.29) is 0 Å². The van der Waals surface area contributed by atoms with Crippen molar-refractivity contribution in [3.63, 3.8) is 0 Å². The summed E-state index contributed by atoms with van der Waals surface area (Å²) in [5.74, 6) is 0.778. The quantitative estimate of drug-likeness (QED) is 0.562. The summed E-state index contributed by atoms with van der Waals surface area (Å²) in [5, 5.41) is 0. The van der Waals surface area contributed by atoms with Crippen molar-refractivity contribution < 1.29 is 13.9 Å². The number of hydrogen-bond acceptors (Lipinski definition) is 8. The van der Waals surface area contributed by atoms with Crippen LogP contribution in [0.25, 0.3) is 0 Å². The lowest BCUT2D eigenvalue weighted by Crippen LogP contribution is -2.46. The molecule has 2 aromatic heterocycles. The van der Waals surface area contributed by atoms with Crippen LogP contribution in [-0.2, 0) is 11.3 Å². The molecule has 1 saturated heterocycles. The van der Waals surface area contributed by atoms with Crippen molar-refractivity contribution >= 4 is 18.2 Å². The number of piperidine rings is 1. The molecule has 1 atom stereocenters. The van der Waals surface area contributed by atoms with Gasteiger partial charge in [-0.05, 0) is 12.8 Å². The van der Waals surface area contributed by atoms with Gasteiger partial charge in [-0.3, -0.25) is 9.98 Å². The van der Waals surface area contributed by atoms with E-state index in [0.29, 0.717) is 36.9 Å². The van der Waals surface area contributed by atoms with Crippen LogP contribution in [0.2, 0.25) is 0 Å². The maximum absolute atomic E-state index is 13.9. The summed E-state index contributed by atoms with van der Waals surface area (Å²) in [4.78, 5) is 22.7. The van der Waals surface area contributed by atoms with Gasteiger partial charge in [-0.1, -0.05) is 0 Å². The first-order chi connectivity index (χ1) is 13.7. The van der Waals surface area contributed by atoms with E-state index in [2.05, 4.69) is 31.7 Å². The second-order valence-corrected chi connectivity index (χ2v) is 5.91. The minimum absolute atomic E-state index is 0.340. The van der Waals surface area contributed by atoms with E-state index in [9.17, 15) is 4.39 Å². The molecule has 0 aromatic carbocycles. The number of methoxy groups -OCH3 is 2. The predicted molar refractivity (Wildman–Crippen MR) is 104 cm³/mol. The third kappa shape index (κ3) is 4.37. The second kappa shape index (κ2) is 9.14. The number of ether oxygens (including phenoxy) is 2. The lowest BCUT2D eigenvalue weighted by molar-refractivity contribution is 0.128. The molecule has 0 amide bonds. The normalized spacial score (nSPS) is 19.8. The number of rotatable bonds is 6. The Kier molecular flexibility index (Phi) is 6.38. The van der Waals surface area contributed by atoms with Gasteiger partial charge >= 0.3 is 0 Å². The number of aromatic nitrogens is 3. The molecular formula is C19H21FN6O2. The summed E-state index contributed by atoms with van der Waals surface area (Å²) >= 11 is 0. The molecule has 0 aliphatic carbocycles. The molecule has 1 fully saturated rings. The summed E-state index contributed by atoms with van der Waals surface area (Å²) in [7, 11) is 3.04. The van der Waals surface area contributed by atoms with Gasteiger partial charge in [-0.15, -0.1) is 0 Å². The zero-order valence-corrected chi connectivity index (χ0v) is 15.7. The zero-order chi connectivity index (χ0) is 19.9. The Hall–Kier alpha value is -3.20. The highest BCUT2D eigenvalue weighted by atomic mass is 19.1. The maximum Gasteiger partial charge on any atom is 0.218 e. The third-order valence-electron chi connectivity index (χ3n) is 4.24. The number of halogens is 1. The fourth-order valence-corrected chi connectivity index (χ4v) is 3.00. The van der Waals surface area contributed by atoms with Gasteiger partial charge in [0, 0.05) is 62.1 Å². The summed E-state index contributed by atoms with van der Waals surface area (Å²) in [6, 6.07) is 4.64. The molecule has 1 aliphatic heterocycles. The fraction of sp³-hybridized carbons (Fsp3) is 0.316. The number of anilines is 1. The molecule has 3 rings (SSSR count). The van der Waals surface area contributed by atoms with Crippen molar-refractivity contribution in [2.75, 3.05) is 25.7 Å². The van der Waals surface area contributed by atoms with Crippen LogP contribution in [0, 0.1) is 5.95 Å². The first kappa shape index (κ1) is 19.6. The van der Waals surface area contributed by atoms with Gasteiger partial charge in [0.05, 0.1) is 13.7 Å². The Bertz CT molecular complexity index is 887. The summed E-state index contributed by atoms with van der Waals surface area (Å²) in [6.07, 6.45) is 4.99. The third-order valence-corrected chi connectivity index (χ3v) is 4.24. The Balaban J connectivity index is 1.91. The summed E-state index contributed by atoms with van der Waals surface area (Å²) in [5.41, 5.74) is 1.54. The van der Waals surface area contributed by atoms with E-state index >= 15 is 0 Å². The molecule has 146 valence electrons. The molecule has 0 N–H and O–H groups in total. The Morgan fingerprint density at radius 2 is 2.11 bits per heavy atom. The molecule has 9 heteroatoms. The van der Waals surface area contributed by atoms with Gasteiger partial charge in [0.2, 0.25) is 5.95 Å². The van der Waals surface area contributed by atoms with Gasteiger partial charge in [-0.25, -0.2) is 15.0 Å². The number of aliphatic imine (C=N–C) groups is 2. The molecule has 0 spiro atoms. The predicted octanol–water partition coefficient (Wildman–Crippen LogP) is 2.43. The van der Waals surface area contributed by atoms with Crippen LogP contribution in [-0.4, -0.2) is 54.4 Å².